The highest BCUT2D eigenvalue weighted by atomic mass is 32.2. The van der Waals surface area contributed by atoms with Crippen molar-refractivity contribution in [2.24, 2.45) is 0 Å². The van der Waals surface area contributed by atoms with Crippen molar-refractivity contribution in [3.63, 3.8) is 0 Å². The summed E-state index contributed by atoms with van der Waals surface area (Å²) in [4.78, 5) is 4.62. The molecule has 0 aromatic carbocycles. The van der Waals surface area contributed by atoms with Crippen LogP contribution in [-0.4, -0.2) is 25.5 Å². The summed E-state index contributed by atoms with van der Waals surface area (Å²) in [7, 11) is -5.58. The molecule has 5 nitrogen and oxygen atoms in total. The van der Waals surface area contributed by atoms with Gasteiger partial charge in [0.1, 0.15) is 11.6 Å². The predicted octanol–water partition coefficient (Wildman–Crippen LogP) is 4.70. The molecule has 1 aromatic rings. The van der Waals surface area contributed by atoms with Crippen LogP contribution in [-0.2, 0) is 27.1 Å². The summed E-state index contributed by atoms with van der Waals surface area (Å²) in [6, 6.07) is 4.15. The highest BCUT2D eigenvalue weighted by Crippen LogP contribution is 2.28. The third kappa shape index (κ3) is 6.41. The Morgan fingerprint density at radius 2 is 2.00 bits per heavy atom. The van der Waals surface area contributed by atoms with Gasteiger partial charge in [-0.15, -0.1) is 0 Å². The molecule has 0 saturated heterocycles. The molecule has 0 spiro atoms. The molecular weight excluding hydrogens is 381 g/mol. The number of allylic oxidation sites excluding steroid dienone is 2. The van der Waals surface area contributed by atoms with E-state index in [0.717, 1.165) is 56.6 Å². The Balaban J connectivity index is 1.68. The van der Waals surface area contributed by atoms with Gasteiger partial charge in [0, 0.05) is 18.7 Å². The second kappa shape index (κ2) is 9.43. The first-order valence-electron chi connectivity index (χ1n) is 9.11. The van der Waals surface area contributed by atoms with E-state index < -0.39 is 15.6 Å². The van der Waals surface area contributed by atoms with Gasteiger partial charge in [0.05, 0.1) is 0 Å². The van der Waals surface area contributed by atoms with Gasteiger partial charge in [0.15, 0.2) is 0 Å². The number of hydrogen-bond acceptors (Lipinski definition) is 5. The van der Waals surface area contributed by atoms with E-state index in [1.165, 1.54) is 18.6 Å². The van der Waals surface area contributed by atoms with Gasteiger partial charge in [0.25, 0.3) is 0 Å². The summed E-state index contributed by atoms with van der Waals surface area (Å²) in [5, 5.41) is 3.30. The third-order valence-electron chi connectivity index (χ3n) is 4.38. The number of alkyl halides is 3. The van der Waals surface area contributed by atoms with Gasteiger partial charge >= 0.3 is 15.6 Å². The van der Waals surface area contributed by atoms with Gasteiger partial charge in [-0.1, -0.05) is 18.9 Å². The minimum absolute atomic E-state index is 0.160. The zero-order valence-electron chi connectivity index (χ0n) is 15.3. The summed E-state index contributed by atoms with van der Waals surface area (Å²) in [6.07, 6.45) is 7.56. The molecule has 1 aliphatic rings. The number of nitrogens with zero attached hydrogens (tertiary/aromatic N) is 1. The van der Waals surface area contributed by atoms with Crippen molar-refractivity contribution >= 4 is 15.9 Å². The lowest BCUT2D eigenvalue weighted by Crippen LogP contribution is -2.25. The van der Waals surface area contributed by atoms with Crippen LogP contribution in [0.2, 0.25) is 0 Å². The van der Waals surface area contributed by atoms with Crippen molar-refractivity contribution in [3.8, 4) is 0 Å². The summed E-state index contributed by atoms with van der Waals surface area (Å²) in [5.74, 6) is 0.800. The molecule has 0 atom stereocenters. The summed E-state index contributed by atoms with van der Waals surface area (Å²) >= 11 is 0. The molecule has 9 heteroatoms. The molecule has 0 radical (unpaired) electrons. The van der Waals surface area contributed by atoms with Gasteiger partial charge in [-0.05, 0) is 56.7 Å². The molecule has 0 amide bonds. The Bertz CT molecular complexity index is 762. The quantitative estimate of drug-likeness (QED) is 0.279. The van der Waals surface area contributed by atoms with Crippen molar-refractivity contribution in [2.75, 3.05) is 11.9 Å². The van der Waals surface area contributed by atoms with E-state index in [9.17, 15) is 21.6 Å². The zero-order chi connectivity index (χ0) is 19.9. The van der Waals surface area contributed by atoms with E-state index >= 15 is 0 Å². The molecule has 0 saturated carbocycles. The highest BCUT2D eigenvalue weighted by Gasteiger charge is 2.48. The van der Waals surface area contributed by atoms with Gasteiger partial charge in [0.2, 0.25) is 0 Å². The van der Waals surface area contributed by atoms with Crippen LogP contribution in [0.3, 0.4) is 0 Å². The number of aromatic nitrogens is 1. The average Bonchev–Trinajstić information content (AvgIpc) is 2.62. The molecule has 0 bridgehead atoms. The number of nitrogens with one attached hydrogen (secondary N) is 1. The predicted molar refractivity (Wildman–Crippen MR) is 97.7 cm³/mol. The number of anilines is 1. The lowest BCUT2D eigenvalue weighted by atomic mass is 10.0. The van der Waals surface area contributed by atoms with Gasteiger partial charge in [-0.3, -0.25) is 0 Å². The fourth-order valence-electron chi connectivity index (χ4n) is 2.89. The van der Waals surface area contributed by atoms with E-state index in [4.69, 9.17) is 0 Å². The Labute approximate surface area is 158 Å². The Morgan fingerprint density at radius 3 is 2.70 bits per heavy atom. The average molecular weight is 406 g/mol. The first kappa shape index (κ1) is 21.5. The standard InChI is InChI=1S/C18H25F3N2O3S/c1-2-16(26-27(24,25)18(19,20)21)10-6-4-3-5-9-15-12-11-14-8-7-13-22-17(14)23-15/h2,11-12H,3-10,13H2,1H3,(H,22,23). The first-order valence-corrected chi connectivity index (χ1v) is 10.5. The molecule has 2 heterocycles. The molecule has 1 aliphatic heterocycles. The first-order chi connectivity index (χ1) is 12.7. The van der Waals surface area contributed by atoms with Crippen molar-refractivity contribution in [1.82, 2.24) is 4.98 Å². The van der Waals surface area contributed by atoms with Gasteiger partial charge < -0.3 is 9.50 Å². The SMILES string of the molecule is CC=C(CCCCCCc1ccc2c(n1)NCCC2)OS(=O)(=O)C(F)(F)F. The summed E-state index contributed by atoms with van der Waals surface area (Å²) in [6.45, 7) is 2.40. The Hall–Kier alpha value is -1.77. The maximum atomic E-state index is 12.3. The topological polar surface area (TPSA) is 68.3 Å². The summed E-state index contributed by atoms with van der Waals surface area (Å²) in [5.41, 5.74) is -3.13. The van der Waals surface area contributed by atoms with E-state index in [1.54, 1.807) is 0 Å². The van der Waals surface area contributed by atoms with Crippen LogP contribution in [0.15, 0.2) is 24.0 Å². The van der Waals surface area contributed by atoms with Crippen molar-refractivity contribution in [2.45, 2.75) is 63.8 Å². The second-order valence-corrected chi connectivity index (χ2v) is 8.03. The molecule has 27 heavy (non-hydrogen) atoms. The lowest BCUT2D eigenvalue weighted by molar-refractivity contribution is -0.0523. The normalized spacial score (nSPS) is 15.2. The molecule has 1 aromatic heterocycles. The number of halogens is 3. The van der Waals surface area contributed by atoms with Crippen LogP contribution in [0.1, 0.15) is 56.7 Å². The van der Waals surface area contributed by atoms with E-state index in [0.29, 0.717) is 6.42 Å². The van der Waals surface area contributed by atoms with Crippen molar-refractivity contribution in [1.29, 1.82) is 0 Å². The third-order valence-corrected chi connectivity index (χ3v) is 5.38. The molecule has 1 N–H and O–H groups in total. The Kier molecular flexibility index (Phi) is 7.52. The fraction of sp³-hybridized carbons (Fsp3) is 0.611. The van der Waals surface area contributed by atoms with Crippen LogP contribution in [0.4, 0.5) is 19.0 Å². The van der Waals surface area contributed by atoms with Crippen LogP contribution in [0.5, 0.6) is 0 Å². The number of unbranched alkanes of at least 4 members (excludes halogenated alkanes) is 3. The lowest BCUT2D eigenvalue weighted by Gasteiger charge is -2.17. The van der Waals surface area contributed by atoms with Gasteiger partial charge in [-0.2, -0.15) is 21.6 Å². The largest absolute Gasteiger partial charge is 0.534 e. The molecular formula is C18H25F3N2O3S. The fourth-order valence-corrected chi connectivity index (χ4v) is 3.45. The number of aryl methyl sites for hydroxylation is 2. The van der Waals surface area contributed by atoms with E-state index in [1.807, 2.05) is 6.07 Å². The number of fused-ring (bicyclic) bond motifs is 1. The van der Waals surface area contributed by atoms with Gasteiger partial charge in [-0.25, -0.2) is 4.98 Å². The number of pyridine rings is 1. The molecule has 0 fully saturated rings. The highest BCUT2D eigenvalue weighted by molar-refractivity contribution is 7.87. The van der Waals surface area contributed by atoms with Crippen LogP contribution < -0.4 is 5.32 Å². The minimum Gasteiger partial charge on any atom is -0.381 e. The minimum atomic E-state index is -5.58. The van der Waals surface area contributed by atoms with E-state index in [-0.39, 0.29) is 12.2 Å². The van der Waals surface area contributed by atoms with Crippen LogP contribution in [0.25, 0.3) is 0 Å². The molecule has 2 rings (SSSR count). The maximum Gasteiger partial charge on any atom is 0.534 e. The smallest absolute Gasteiger partial charge is 0.381 e. The molecule has 0 aliphatic carbocycles. The van der Waals surface area contributed by atoms with Crippen LogP contribution >= 0.6 is 0 Å². The maximum absolute atomic E-state index is 12.3. The number of rotatable bonds is 9. The molecule has 152 valence electrons. The zero-order valence-corrected chi connectivity index (χ0v) is 16.1. The van der Waals surface area contributed by atoms with Crippen molar-refractivity contribution < 1.29 is 25.8 Å². The molecule has 0 unspecified atom stereocenters. The van der Waals surface area contributed by atoms with Crippen LogP contribution in [0, 0.1) is 0 Å². The second-order valence-electron chi connectivity index (χ2n) is 6.49. The van der Waals surface area contributed by atoms with E-state index in [2.05, 4.69) is 20.6 Å². The number of hydrogen-bond donors (Lipinski definition) is 1. The monoisotopic (exact) mass is 406 g/mol. The Morgan fingerprint density at radius 1 is 1.26 bits per heavy atom. The summed E-state index contributed by atoms with van der Waals surface area (Å²) < 4.78 is 63.2. The van der Waals surface area contributed by atoms with Crippen molar-refractivity contribution in [3.05, 3.63) is 35.2 Å².